The van der Waals surface area contributed by atoms with Crippen molar-refractivity contribution in [3.63, 3.8) is 0 Å². The third kappa shape index (κ3) is 9.46. The molecule has 1 N–H and O–H groups in total. The molecule has 0 aliphatic carbocycles. The number of unbranched alkanes of at least 4 members (excludes halogenated alkanes) is 4. The molecule has 2 heteroatoms. The largest absolute Gasteiger partial charge is 0.392 e. The van der Waals surface area contributed by atoms with Crippen LogP contribution in [0.5, 0.6) is 0 Å². The molecule has 0 fully saturated rings. The molecule has 14 heavy (non-hydrogen) atoms. The van der Waals surface area contributed by atoms with Crippen molar-refractivity contribution in [2.45, 2.75) is 58.0 Å². The van der Waals surface area contributed by atoms with Crippen LogP contribution in [0.2, 0.25) is 0 Å². The highest BCUT2D eigenvalue weighted by Gasteiger charge is 1.98. The van der Waals surface area contributed by atoms with Crippen molar-refractivity contribution < 1.29 is 9.90 Å². The molecule has 0 aliphatic heterocycles. The van der Waals surface area contributed by atoms with Gasteiger partial charge in [-0.05, 0) is 19.3 Å². The van der Waals surface area contributed by atoms with Crippen molar-refractivity contribution in [1.82, 2.24) is 0 Å². The summed E-state index contributed by atoms with van der Waals surface area (Å²) in [6.07, 6.45) is 11.4. The van der Waals surface area contributed by atoms with Gasteiger partial charge in [-0.2, -0.15) is 0 Å². The van der Waals surface area contributed by atoms with E-state index in [1.807, 2.05) is 6.08 Å². The molecule has 0 bridgehead atoms. The molecule has 0 saturated heterocycles. The molecule has 0 unspecified atom stereocenters. The zero-order chi connectivity index (χ0) is 10.6. The summed E-state index contributed by atoms with van der Waals surface area (Å²) in [6, 6.07) is 0. The molecule has 0 aromatic carbocycles. The summed E-state index contributed by atoms with van der Waals surface area (Å²) in [6.45, 7) is 2.20. The molecule has 0 spiro atoms. The number of hydrogen-bond donors (Lipinski definition) is 1. The molecule has 82 valence electrons. The summed E-state index contributed by atoms with van der Waals surface area (Å²) in [5.74, 6) is 0. The number of carbonyl (C=O) groups excluding carboxylic acids is 1. The summed E-state index contributed by atoms with van der Waals surface area (Å²) >= 11 is 0. The standard InChI is InChI=1S/C12H22O2/c1-2-3-4-5-6-7-8-9-12(14)10-11-13/h7-8,11-12,14H,2-6,9-10H2,1H3/t12-/m1/s1. The Morgan fingerprint density at radius 3 is 2.57 bits per heavy atom. The molecular formula is C12H22O2. The van der Waals surface area contributed by atoms with Gasteiger partial charge in [0.05, 0.1) is 6.10 Å². The lowest BCUT2D eigenvalue weighted by Gasteiger charge is -2.00. The minimum Gasteiger partial charge on any atom is -0.392 e. The quantitative estimate of drug-likeness (QED) is 0.351. The van der Waals surface area contributed by atoms with E-state index in [1.165, 1.54) is 25.7 Å². The van der Waals surface area contributed by atoms with Crippen molar-refractivity contribution in [2.75, 3.05) is 0 Å². The minimum atomic E-state index is -0.487. The molecule has 0 heterocycles. The first kappa shape index (κ1) is 13.4. The fourth-order valence-corrected chi connectivity index (χ4v) is 1.27. The van der Waals surface area contributed by atoms with Gasteiger partial charge in [-0.3, -0.25) is 0 Å². The average molecular weight is 198 g/mol. The van der Waals surface area contributed by atoms with Crippen molar-refractivity contribution >= 4 is 6.29 Å². The lowest BCUT2D eigenvalue weighted by atomic mass is 10.1. The second-order valence-electron chi connectivity index (χ2n) is 3.61. The molecule has 0 radical (unpaired) electrons. The van der Waals surface area contributed by atoms with Gasteiger partial charge in [0.25, 0.3) is 0 Å². The summed E-state index contributed by atoms with van der Waals surface area (Å²) in [4.78, 5) is 10.0. The topological polar surface area (TPSA) is 37.3 Å². The van der Waals surface area contributed by atoms with Crippen LogP contribution < -0.4 is 0 Å². The molecule has 1 atom stereocenters. The predicted molar refractivity (Wildman–Crippen MR) is 59.2 cm³/mol. The van der Waals surface area contributed by atoms with Crippen LogP contribution in [0.25, 0.3) is 0 Å². The molecule has 0 aromatic heterocycles. The third-order valence-electron chi connectivity index (χ3n) is 2.17. The second kappa shape index (κ2) is 10.5. The van der Waals surface area contributed by atoms with E-state index in [1.54, 1.807) is 0 Å². The number of aliphatic hydroxyl groups is 1. The Kier molecular flexibility index (Phi) is 9.98. The Hall–Kier alpha value is -0.630. The Morgan fingerprint density at radius 2 is 1.93 bits per heavy atom. The zero-order valence-corrected chi connectivity index (χ0v) is 9.11. The van der Waals surface area contributed by atoms with E-state index < -0.39 is 6.10 Å². The maximum atomic E-state index is 10.0. The molecule has 0 saturated carbocycles. The maximum Gasteiger partial charge on any atom is 0.122 e. The number of hydrogen-bond acceptors (Lipinski definition) is 2. The van der Waals surface area contributed by atoms with Crippen molar-refractivity contribution in [1.29, 1.82) is 0 Å². The highest BCUT2D eigenvalue weighted by Crippen LogP contribution is 2.04. The smallest absolute Gasteiger partial charge is 0.122 e. The van der Waals surface area contributed by atoms with E-state index in [4.69, 9.17) is 0 Å². The number of aliphatic hydroxyl groups excluding tert-OH is 1. The summed E-state index contributed by atoms with van der Waals surface area (Å²) in [7, 11) is 0. The first-order chi connectivity index (χ1) is 6.81. The van der Waals surface area contributed by atoms with Crippen LogP contribution in [0, 0.1) is 0 Å². The maximum absolute atomic E-state index is 10.0. The Balaban J connectivity index is 3.22. The summed E-state index contributed by atoms with van der Waals surface area (Å²) in [5, 5.41) is 9.21. The molecular weight excluding hydrogens is 176 g/mol. The van der Waals surface area contributed by atoms with E-state index in [0.29, 0.717) is 6.42 Å². The first-order valence-corrected chi connectivity index (χ1v) is 5.58. The minimum absolute atomic E-state index is 0.250. The normalized spacial score (nSPS) is 13.3. The van der Waals surface area contributed by atoms with Crippen LogP contribution in [-0.2, 0) is 4.79 Å². The van der Waals surface area contributed by atoms with Gasteiger partial charge in [-0.25, -0.2) is 0 Å². The Morgan fingerprint density at radius 1 is 1.14 bits per heavy atom. The number of carbonyl (C=O) groups is 1. The zero-order valence-electron chi connectivity index (χ0n) is 9.11. The predicted octanol–water partition coefficient (Wildman–Crippen LogP) is 2.85. The summed E-state index contributed by atoms with van der Waals surface area (Å²) in [5.41, 5.74) is 0. The van der Waals surface area contributed by atoms with Gasteiger partial charge in [0, 0.05) is 6.42 Å². The lowest BCUT2D eigenvalue weighted by Crippen LogP contribution is -2.04. The van der Waals surface area contributed by atoms with Gasteiger partial charge < -0.3 is 9.90 Å². The van der Waals surface area contributed by atoms with Crippen molar-refractivity contribution in [3.8, 4) is 0 Å². The van der Waals surface area contributed by atoms with Crippen LogP contribution in [0.3, 0.4) is 0 Å². The van der Waals surface area contributed by atoms with E-state index in [-0.39, 0.29) is 6.42 Å². The van der Waals surface area contributed by atoms with E-state index in [2.05, 4.69) is 13.0 Å². The SMILES string of the molecule is CCCCCCC=CC[C@@H](O)CC=O. The van der Waals surface area contributed by atoms with Crippen LogP contribution in [0.1, 0.15) is 51.9 Å². The van der Waals surface area contributed by atoms with Crippen LogP contribution in [-0.4, -0.2) is 17.5 Å². The van der Waals surface area contributed by atoms with Crippen molar-refractivity contribution in [3.05, 3.63) is 12.2 Å². The Bertz CT molecular complexity index is 152. The number of aldehydes is 1. The van der Waals surface area contributed by atoms with Gasteiger partial charge in [0.15, 0.2) is 0 Å². The van der Waals surface area contributed by atoms with Gasteiger partial charge in [-0.15, -0.1) is 0 Å². The van der Waals surface area contributed by atoms with Gasteiger partial charge in [-0.1, -0.05) is 38.3 Å². The number of allylic oxidation sites excluding steroid dienone is 1. The highest BCUT2D eigenvalue weighted by molar-refractivity contribution is 5.50. The number of rotatable bonds is 9. The van der Waals surface area contributed by atoms with Gasteiger partial charge >= 0.3 is 0 Å². The monoisotopic (exact) mass is 198 g/mol. The fourth-order valence-electron chi connectivity index (χ4n) is 1.27. The second-order valence-corrected chi connectivity index (χ2v) is 3.61. The van der Waals surface area contributed by atoms with E-state index >= 15 is 0 Å². The molecule has 2 nitrogen and oxygen atoms in total. The van der Waals surface area contributed by atoms with Gasteiger partial charge in [0.2, 0.25) is 0 Å². The van der Waals surface area contributed by atoms with Crippen LogP contribution >= 0.6 is 0 Å². The highest BCUT2D eigenvalue weighted by atomic mass is 16.3. The van der Waals surface area contributed by atoms with Crippen LogP contribution in [0.4, 0.5) is 0 Å². The molecule has 0 aliphatic rings. The van der Waals surface area contributed by atoms with E-state index in [9.17, 15) is 9.90 Å². The van der Waals surface area contributed by atoms with Crippen molar-refractivity contribution in [2.24, 2.45) is 0 Å². The average Bonchev–Trinajstić information content (AvgIpc) is 2.17. The fraction of sp³-hybridized carbons (Fsp3) is 0.750. The molecule has 0 rings (SSSR count). The first-order valence-electron chi connectivity index (χ1n) is 5.58. The molecule has 0 amide bonds. The third-order valence-corrected chi connectivity index (χ3v) is 2.17. The Labute approximate surface area is 87.0 Å². The molecule has 0 aromatic rings. The van der Waals surface area contributed by atoms with E-state index in [0.717, 1.165) is 12.7 Å². The summed E-state index contributed by atoms with van der Waals surface area (Å²) < 4.78 is 0. The van der Waals surface area contributed by atoms with Gasteiger partial charge in [0.1, 0.15) is 6.29 Å². The van der Waals surface area contributed by atoms with Crippen LogP contribution in [0.15, 0.2) is 12.2 Å². The lowest BCUT2D eigenvalue weighted by molar-refractivity contribution is -0.109.